The Balaban J connectivity index is 1.78. The molecule has 2 aromatic carbocycles. The molecule has 0 aromatic heterocycles. The minimum absolute atomic E-state index is 0.0575. The predicted molar refractivity (Wildman–Crippen MR) is 86.4 cm³/mol. The maximum atomic E-state index is 11.7. The summed E-state index contributed by atoms with van der Waals surface area (Å²) >= 11 is 0. The van der Waals surface area contributed by atoms with Gasteiger partial charge in [-0.25, -0.2) is 9.59 Å². The van der Waals surface area contributed by atoms with Crippen LogP contribution in [0.2, 0.25) is 0 Å². The molecule has 0 saturated heterocycles. The fourth-order valence-corrected chi connectivity index (χ4v) is 2.08. The van der Waals surface area contributed by atoms with Gasteiger partial charge in [0, 0.05) is 6.54 Å². The van der Waals surface area contributed by atoms with Crippen molar-refractivity contribution in [2.75, 3.05) is 6.54 Å². The number of carbonyl (C=O) groups is 2. The SMILES string of the molecule is CC(CNC(=O)OCc1ccccc1)c1ccc(C(=O)O)cc1. The molecule has 23 heavy (non-hydrogen) atoms. The van der Waals surface area contributed by atoms with E-state index < -0.39 is 12.1 Å². The summed E-state index contributed by atoms with van der Waals surface area (Å²) in [6.45, 7) is 2.60. The number of ether oxygens (including phenoxy) is 1. The first-order valence-corrected chi connectivity index (χ1v) is 7.34. The number of amides is 1. The maximum Gasteiger partial charge on any atom is 0.407 e. The Labute approximate surface area is 134 Å². The molecule has 0 saturated carbocycles. The summed E-state index contributed by atoms with van der Waals surface area (Å²) in [6, 6.07) is 16.1. The minimum Gasteiger partial charge on any atom is -0.478 e. The molecule has 1 atom stereocenters. The highest BCUT2D eigenvalue weighted by atomic mass is 16.5. The zero-order valence-electron chi connectivity index (χ0n) is 12.9. The van der Waals surface area contributed by atoms with Crippen molar-refractivity contribution in [3.05, 3.63) is 71.3 Å². The number of carbonyl (C=O) groups excluding carboxylic acids is 1. The van der Waals surface area contributed by atoms with Crippen molar-refractivity contribution in [1.82, 2.24) is 5.32 Å². The summed E-state index contributed by atoms with van der Waals surface area (Å²) in [5, 5.41) is 11.6. The van der Waals surface area contributed by atoms with Crippen molar-refractivity contribution in [3.63, 3.8) is 0 Å². The topological polar surface area (TPSA) is 75.6 Å². The monoisotopic (exact) mass is 313 g/mol. The number of hydrogen-bond donors (Lipinski definition) is 2. The van der Waals surface area contributed by atoms with E-state index in [-0.39, 0.29) is 18.1 Å². The third-order valence-corrected chi connectivity index (χ3v) is 3.49. The van der Waals surface area contributed by atoms with Gasteiger partial charge in [-0.15, -0.1) is 0 Å². The van der Waals surface area contributed by atoms with Gasteiger partial charge in [0.25, 0.3) is 0 Å². The van der Waals surface area contributed by atoms with Crippen LogP contribution in [0.25, 0.3) is 0 Å². The first-order valence-electron chi connectivity index (χ1n) is 7.34. The molecular weight excluding hydrogens is 294 g/mol. The van der Waals surface area contributed by atoms with Crippen molar-refractivity contribution in [2.24, 2.45) is 0 Å². The van der Waals surface area contributed by atoms with E-state index in [9.17, 15) is 9.59 Å². The van der Waals surface area contributed by atoms with Crippen LogP contribution in [0.3, 0.4) is 0 Å². The molecule has 0 aliphatic carbocycles. The first kappa shape index (κ1) is 16.5. The zero-order valence-corrected chi connectivity index (χ0v) is 12.9. The molecule has 1 amide bonds. The highest BCUT2D eigenvalue weighted by Gasteiger charge is 2.10. The van der Waals surface area contributed by atoms with E-state index in [0.29, 0.717) is 6.54 Å². The lowest BCUT2D eigenvalue weighted by atomic mass is 10.00. The summed E-state index contributed by atoms with van der Waals surface area (Å²) in [5.41, 5.74) is 2.13. The van der Waals surface area contributed by atoms with Crippen LogP contribution in [-0.4, -0.2) is 23.7 Å². The second-order valence-corrected chi connectivity index (χ2v) is 5.27. The normalized spacial score (nSPS) is 11.5. The number of aromatic carboxylic acids is 1. The van der Waals surface area contributed by atoms with E-state index in [4.69, 9.17) is 9.84 Å². The lowest BCUT2D eigenvalue weighted by molar-refractivity contribution is 0.0697. The molecule has 5 nitrogen and oxygen atoms in total. The smallest absolute Gasteiger partial charge is 0.407 e. The van der Waals surface area contributed by atoms with Crippen LogP contribution in [0.5, 0.6) is 0 Å². The zero-order chi connectivity index (χ0) is 16.7. The Kier molecular flexibility index (Phi) is 5.74. The molecule has 0 spiro atoms. The molecule has 0 aliphatic rings. The number of benzene rings is 2. The molecule has 2 N–H and O–H groups in total. The Morgan fingerprint density at radius 1 is 1.09 bits per heavy atom. The molecule has 5 heteroatoms. The van der Waals surface area contributed by atoms with Gasteiger partial charge in [0.2, 0.25) is 0 Å². The quantitative estimate of drug-likeness (QED) is 0.857. The fourth-order valence-electron chi connectivity index (χ4n) is 2.08. The van der Waals surface area contributed by atoms with Crippen LogP contribution in [0.4, 0.5) is 4.79 Å². The van der Waals surface area contributed by atoms with E-state index >= 15 is 0 Å². The van der Waals surface area contributed by atoms with Gasteiger partial charge in [-0.1, -0.05) is 49.4 Å². The van der Waals surface area contributed by atoms with E-state index in [0.717, 1.165) is 11.1 Å². The lowest BCUT2D eigenvalue weighted by Crippen LogP contribution is -2.28. The second-order valence-electron chi connectivity index (χ2n) is 5.27. The van der Waals surface area contributed by atoms with E-state index in [1.54, 1.807) is 24.3 Å². The third-order valence-electron chi connectivity index (χ3n) is 3.49. The molecule has 0 radical (unpaired) electrons. The van der Waals surface area contributed by atoms with Gasteiger partial charge >= 0.3 is 12.1 Å². The average Bonchev–Trinajstić information content (AvgIpc) is 2.58. The summed E-state index contributed by atoms with van der Waals surface area (Å²) in [7, 11) is 0. The van der Waals surface area contributed by atoms with Gasteiger partial charge in [-0.2, -0.15) is 0 Å². The highest BCUT2D eigenvalue weighted by Crippen LogP contribution is 2.15. The summed E-state index contributed by atoms with van der Waals surface area (Å²) in [4.78, 5) is 22.5. The number of carboxylic acid groups (broad SMARTS) is 1. The summed E-state index contributed by atoms with van der Waals surface area (Å²) in [5.74, 6) is -0.895. The van der Waals surface area contributed by atoms with Gasteiger partial charge in [0.1, 0.15) is 6.61 Å². The van der Waals surface area contributed by atoms with E-state index in [2.05, 4.69) is 5.32 Å². The fraction of sp³-hybridized carbons (Fsp3) is 0.222. The summed E-state index contributed by atoms with van der Waals surface area (Å²) < 4.78 is 5.14. The van der Waals surface area contributed by atoms with Crippen LogP contribution in [-0.2, 0) is 11.3 Å². The van der Waals surface area contributed by atoms with Gasteiger partial charge in [0.15, 0.2) is 0 Å². The van der Waals surface area contributed by atoms with E-state index in [1.165, 1.54) is 0 Å². The molecule has 0 heterocycles. The predicted octanol–water partition coefficient (Wildman–Crippen LogP) is 3.41. The lowest BCUT2D eigenvalue weighted by Gasteiger charge is -2.13. The van der Waals surface area contributed by atoms with Crippen molar-refractivity contribution in [3.8, 4) is 0 Å². The molecular formula is C18H19NO4. The largest absolute Gasteiger partial charge is 0.478 e. The van der Waals surface area contributed by atoms with Gasteiger partial charge in [-0.3, -0.25) is 0 Å². The van der Waals surface area contributed by atoms with Crippen LogP contribution in [0.15, 0.2) is 54.6 Å². The first-order chi connectivity index (χ1) is 11.1. The number of rotatable bonds is 6. The van der Waals surface area contributed by atoms with Crippen molar-refractivity contribution < 1.29 is 19.4 Å². The van der Waals surface area contributed by atoms with Crippen LogP contribution in [0, 0.1) is 0 Å². The second kappa shape index (κ2) is 7.98. The molecule has 120 valence electrons. The van der Waals surface area contributed by atoms with E-state index in [1.807, 2.05) is 37.3 Å². The van der Waals surface area contributed by atoms with Gasteiger partial charge in [0.05, 0.1) is 5.56 Å². The molecule has 0 aliphatic heterocycles. The number of alkyl carbamates (subject to hydrolysis) is 1. The van der Waals surface area contributed by atoms with Crippen LogP contribution >= 0.6 is 0 Å². The number of carboxylic acids is 1. The van der Waals surface area contributed by atoms with Gasteiger partial charge < -0.3 is 15.2 Å². The molecule has 2 aromatic rings. The maximum absolute atomic E-state index is 11.7. The number of nitrogens with one attached hydrogen (secondary N) is 1. The third kappa shape index (κ3) is 5.14. The molecule has 1 unspecified atom stereocenters. The van der Waals surface area contributed by atoms with Crippen LogP contribution in [0.1, 0.15) is 34.3 Å². The summed E-state index contributed by atoms with van der Waals surface area (Å²) in [6.07, 6.45) is -0.470. The Morgan fingerprint density at radius 3 is 2.35 bits per heavy atom. The average molecular weight is 313 g/mol. The van der Waals surface area contributed by atoms with Crippen molar-refractivity contribution >= 4 is 12.1 Å². The van der Waals surface area contributed by atoms with Crippen molar-refractivity contribution in [1.29, 1.82) is 0 Å². The Hall–Kier alpha value is -2.82. The standard InChI is InChI=1S/C18H19NO4/c1-13(15-7-9-16(10-8-15)17(20)21)11-19-18(22)23-12-14-5-3-2-4-6-14/h2-10,13H,11-12H2,1H3,(H,19,22)(H,20,21). The minimum atomic E-state index is -0.952. The van der Waals surface area contributed by atoms with Crippen LogP contribution < -0.4 is 5.32 Å². The Morgan fingerprint density at radius 2 is 1.74 bits per heavy atom. The molecule has 2 rings (SSSR count). The number of hydrogen-bond acceptors (Lipinski definition) is 3. The molecule has 0 bridgehead atoms. The molecule has 0 fully saturated rings. The van der Waals surface area contributed by atoms with Crippen molar-refractivity contribution in [2.45, 2.75) is 19.4 Å². The van der Waals surface area contributed by atoms with Gasteiger partial charge in [-0.05, 0) is 29.2 Å². The Bertz CT molecular complexity index is 652. The highest BCUT2D eigenvalue weighted by molar-refractivity contribution is 5.87.